The Kier molecular flexibility index (Phi) is 3.41. The van der Waals surface area contributed by atoms with Crippen LogP contribution in [0.2, 0.25) is 0 Å². The summed E-state index contributed by atoms with van der Waals surface area (Å²) in [5.74, 6) is -2.09. The monoisotopic (exact) mass is 197 g/mol. The number of carbonyl (C=O) groups is 2. The summed E-state index contributed by atoms with van der Waals surface area (Å²) in [6.07, 6.45) is 6.70. The average molecular weight is 197 g/mol. The molecule has 1 amide bonds. The molecule has 5 nitrogen and oxygen atoms in total. The zero-order valence-electron chi connectivity index (χ0n) is 7.38. The van der Waals surface area contributed by atoms with Crippen molar-refractivity contribution in [2.75, 3.05) is 6.61 Å². The Balaban J connectivity index is 2.50. The number of hydrogen-bond donors (Lipinski definition) is 3. The predicted molar refractivity (Wildman–Crippen MR) is 48.4 cm³/mol. The Bertz CT molecular complexity index is 283. The van der Waals surface area contributed by atoms with E-state index in [4.69, 9.17) is 10.2 Å². The van der Waals surface area contributed by atoms with Gasteiger partial charge in [-0.2, -0.15) is 0 Å². The topological polar surface area (TPSA) is 86.6 Å². The van der Waals surface area contributed by atoms with Gasteiger partial charge in [0.1, 0.15) is 6.04 Å². The molecule has 1 aliphatic carbocycles. The van der Waals surface area contributed by atoms with E-state index in [0.29, 0.717) is 0 Å². The molecule has 0 radical (unpaired) electrons. The molecule has 0 aromatic rings. The van der Waals surface area contributed by atoms with Crippen LogP contribution in [0.25, 0.3) is 0 Å². The molecule has 1 aliphatic rings. The van der Waals surface area contributed by atoms with E-state index in [1.54, 1.807) is 24.3 Å². The van der Waals surface area contributed by atoms with E-state index in [1.165, 1.54) is 0 Å². The Morgan fingerprint density at radius 1 is 1.36 bits per heavy atom. The van der Waals surface area contributed by atoms with Crippen LogP contribution >= 0.6 is 0 Å². The summed E-state index contributed by atoms with van der Waals surface area (Å²) in [6, 6.07) is -1.23. The number of aliphatic hydroxyl groups is 1. The normalized spacial score (nSPS) is 16.9. The number of allylic oxidation sites excluding steroid dienone is 2. The van der Waals surface area contributed by atoms with Crippen molar-refractivity contribution in [2.45, 2.75) is 6.04 Å². The second-order valence-electron chi connectivity index (χ2n) is 2.88. The van der Waals surface area contributed by atoms with Crippen molar-refractivity contribution in [3.8, 4) is 0 Å². The number of carboxylic acids is 1. The molecule has 0 aromatic carbocycles. The Morgan fingerprint density at radius 2 is 1.93 bits per heavy atom. The molecule has 1 rings (SSSR count). The Labute approximate surface area is 80.7 Å². The summed E-state index contributed by atoms with van der Waals surface area (Å²) < 4.78 is 0. The van der Waals surface area contributed by atoms with Crippen molar-refractivity contribution in [1.29, 1.82) is 0 Å². The van der Waals surface area contributed by atoms with Crippen molar-refractivity contribution in [1.82, 2.24) is 5.32 Å². The lowest BCUT2D eigenvalue weighted by Crippen LogP contribution is -2.45. The summed E-state index contributed by atoms with van der Waals surface area (Å²) in [4.78, 5) is 21.8. The third kappa shape index (κ3) is 2.43. The maximum Gasteiger partial charge on any atom is 0.328 e. The molecule has 5 heteroatoms. The highest BCUT2D eigenvalue weighted by Gasteiger charge is 2.22. The van der Waals surface area contributed by atoms with Crippen LogP contribution in [-0.4, -0.2) is 34.7 Å². The van der Waals surface area contributed by atoms with Crippen LogP contribution in [0.15, 0.2) is 24.3 Å². The number of rotatable bonds is 4. The van der Waals surface area contributed by atoms with E-state index in [1.807, 2.05) is 0 Å². The van der Waals surface area contributed by atoms with Crippen LogP contribution in [0.3, 0.4) is 0 Å². The first-order valence-corrected chi connectivity index (χ1v) is 4.14. The molecule has 14 heavy (non-hydrogen) atoms. The van der Waals surface area contributed by atoms with Gasteiger partial charge in [0.2, 0.25) is 5.91 Å². The predicted octanol–water partition coefficient (Wildman–Crippen LogP) is -0.710. The van der Waals surface area contributed by atoms with Gasteiger partial charge in [-0.25, -0.2) is 4.79 Å². The van der Waals surface area contributed by atoms with E-state index in [9.17, 15) is 9.59 Å². The molecule has 0 aliphatic heterocycles. The fourth-order valence-corrected chi connectivity index (χ4v) is 1.06. The third-order valence-corrected chi connectivity index (χ3v) is 1.85. The molecule has 0 unspecified atom stereocenters. The molecular formula is C9H11NO4. The van der Waals surface area contributed by atoms with Gasteiger partial charge in [0.15, 0.2) is 0 Å². The smallest absolute Gasteiger partial charge is 0.328 e. The molecule has 0 aromatic heterocycles. The molecule has 76 valence electrons. The van der Waals surface area contributed by atoms with Crippen LogP contribution in [0.4, 0.5) is 0 Å². The van der Waals surface area contributed by atoms with E-state index >= 15 is 0 Å². The van der Waals surface area contributed by atoms with Gasteiger partial charge in [-0.1, -0.05) is 24.3 Å². The first-order chi connectivity index (χ1) is 6.65. The summed E-state index contributed by atoms with van der Waals surface area (Å²) >= 11 is 0. The van der Waals surface area contributed by atoms with Crippen molar-refractivity contribution >= 4 is 11.9 Å². The standard InChI is InChI=1S/C9H11NO4/c11-5-7(9(13)14)10-8(12)6-3-1-2-4-6/h1-4,6-7,11H,5H2,(H,10,12)(H,13,14)/t7-/m0/s1. The molecule has 0 bridgehead atoms. The van der Waals surface area contributed by atoms with Gasteiger partial charge in [-0.15, -0.1) is 0 Å². The van der Waals surface area contributed by atoms with Gasteiger partial charge in [-0.3, -0.25) is 4.79 Å². The van der Waals surface area contributed by atoms with Crippen molar-refractivity contribution in [2.24, 2.45) is 5.92 Å². The lowest BCUT2D eigenvalue weighted by atomic mass is 10.1. The van der Waals surface area contributed by atoms with Crippen LogP contribution < -0.4 is 5.32 Å². The van der Waals surface area contributed by atoms with E-state index < -0.39 is 30.4 Å². The molecule has 0 saturated carbocycles. The van der Waals surface area contributed by atoms with Crippen LogP contribution in [-0.2, 0) is 9.59 Å². The summed E-state index contributed by atoms with van der Waals surface area (Å²) in [7, 11) is 0. The molecule has 0 fully saturated rings. The average Bonchev–Trinajstić information content (AvgIpc) is 2.65. The van der Waals surface area contributed by atoms with Gasteiger partial charge in [0.25, 0.3) is 0 Å². The number of amides is 1. The Morgan fingerprint density at radius 3 is 2.36 bits per heavy atom. The highest BCUT2D eigenvalue weighted by atomic mass is 16.4. The van der Waals surface area contributed by atoms with Gasteiger partial charge < -0.3 is 15.5 Å². The Hall–Kier alpha value is -1.62. The fourth-order valence-electron chi connectivity index (χ4n) is 1.06. The van der Waals surface area contributed by atoms with Crippen LogP contribution in [0, 0.1) is 5.92 Å². The SMILES string of the molecule is O=C(N[C@@H](CO)C(=O)O)C1C=CC=C1. The van der Waals surface area contributed by atoms with Gasteiger partial charge >= 0.3 is 5.97 Å². The summed E-state index contributed by atoms with van der Waals surface area (Å²) in [5.41, 5.74) is 0. The summed E-state index contributed by atoms with van der Waals surface area (Å²) in [6.45, 7) is -0.610. The fraction of sp³-hybridized carbons (Fsp3) is 0.333. The van der Waals surface area contributed by atoms with Crippen molar-refractivity contribution in [3.63, 3.8) is 0 Å². The summed E-state index contributed by atoms with van der Waals surface area (Å²) in [5, 5.41) is 19.4. The maximum absolute atomic E-state index is 11.3. The molecule has 1 atom stereocenters. The highest BCUT2D eigenvalue weighted by molar-refractivity contribution is 5.87. The second kappa shape index (κ2) is 4.57. The van der Waals surface area contributed by atoms with E-state index in [0.717, 1.165) is 0 Å². The first-order valence-electron chi connectivity index (χ1n) is 4.14. The lowest BCUT2D eigenvalue weighted by Gasteiger charge is -2.13. The molecule has 0 heterocycles. The second-order valence-corrected chi connectivity index (χ2v) is 2.88. The minimum absolute atomic E-state index is 0.420. The van der Waals surface area contributed by atoms with Crippen molar-refractivity contribution in [3.05, 3.63) is 24.3 Å². The number of carboxylic acid groups (broad SMARTS) is 1. The number of aliphatic hydroxyl groups excluding tert-OH is 1. The van der Waals surface area contributed by atoms with Crippen molar-refractivity contribution < 1.29 is 19.8 Å². The minimum atomic E-state index is -1.24. The lowest BCUT2D eigenvalue weighted by molar-refractivity contribution is -0.143. The first kappa shape index (κ1) is 10.5. The zero-order valence-corrected chi connectivity index (χ0v) is 7.38. The number of nitrogens with one attached hydrogen (secondary N) is 1. The molecule has 0 saturated heterocycles. The quantitative estimate of drug-likeness (QED) is 0.555. The van der Waals surface area contributed by atoms with Gasteiger partial charge in [0, 0.05) is 0 Å². The minimum Gasteiger partial charge on any atom is -0.480 e. The molecular weight excluding hydrogens is 186 g/mol. The largest absolute Gasteiger partial charge is 0.480 e. The third-order valence-electron chi connectivity index (χ3n) is 1.85. The van der Waals surface area contributed by atoms with E-state index in [-0.39, 0.29) is 0 Å². The van der Waals surface area contributed by atoms with Crippen LogP contribution in [0.5, 0.6) is 0 Å². The van der Waals surface area contributed by atoms with Gasteiger partial charge in [0.05, 0.1) is 12.5 Å². The van der Waals surface area contributed by atoms with Crippen LogP contribution in [0.1, 0.15) is 0 Å². The number of aliphatic carboxylic acids is 1. The maximum atomic E-state index is 11.3. The molecule has 0 spiro atoms. The number of carbonyl (C=O) groups excluding carboxylic acids is 1. The van der Waals surface area contributed by atoms with E-state index in [2.05, 4.69) is 5.32 Å². The highest BCUT2D eigenvalue weighted by Crippen LogP contribution is 2.08. The molecule has 3 N–H and O–H groups in total. The zero-order chi connectivity index (χ0) is 10.6. The van der Waals surface area contributed by atoms with Gasteiger partial charge in [-0.05, 0) is 0 Å². The number of hydrogen-bond acceptors (Lipinski definition) is 3.